The first-order valence-electron chi connectivity index (χ1n) is 5.72. The summed E-state index contributed by atoms with van der Waals surface area (Å²) in [5.74, 6) is 0.748. The van der Waals surface area contributed by atoms with Crippen LogP contribution in [0.4, 0.5) is 4.79 Å². The first kappa shape index (κ1) is 13.8. The topological polar surface area (TPSA) is 74.2 Å². The zero-order valence-electron chi connectivity index (χ0n) is 10.6. The molecule has 0 saturated carbocycles. The van der Waals surface area contributed by atoms with Crippen molar-refractivity contribution >= 4 is 6.03 Å². The van der Waals surface area contributed by atoms with Crippen molar-refractivity contribution in [3.05, 3.63) is 29.3 Å². The average molecular weight is 247 g/mol. The van der Waals surface area contributed by atoms with Crippen molar-refractivity contribution in [2.45, 2.75) is 20.3 Å². The Balaban J connectivity index is 2.29. The summed E-state index contributed by atoms with van der Waals surface area (Å²) in [6, 6.07) is 7.45. The second-order valence-electron chi connectivity index (χ2n) is 3.90. The summed E-state index contributed by atoms with van der Waals surface area (Å²) in [5.41, 5.74) is 2.20. The van der Waals surface area contributed by atoms with Gasteiger partial charge in [0.05, 0.1) is 12.5 Å². The first-order chi connectivity index (χ1) is 8.63. The molecule has 1 aromatic rings. The molecule has 0 aliphatic heterocycles. The third-order valence-corrected chi connectivity index (χ3v) is 2.31. The number of rotatable bonds is 5. The lowest BCUT2D eigenvalue weighted by Gasteiger charge is -2.11. The third-order valence-electron chi connectivity index (χ3n) is 2.31. The van der Waals surface area contributed by atoms with Crippen LogP contribution in [-0.4, -0.2) is 19.3 Å². The molecule has 0 radical (unpaired) electrons. The van der Waals surface area contributed by atoms with E-state index in [4.69, 9.17) is 10.00 Å². The molecule has 2 N–H and O–H groups in total. The van der Waals surface area contributed by atoms with E-state index in [2.05, 4.69) is 10.6 Å². The van der Waals surface area contributed by atoms with E-state index in [9.17, 15) is 4.79 Å². The van der Waals surface area contributed by atoms with Crippen molar-refractivity contribution in [2.24, 2.45) is 0 Å². The second kappa shape index (κ2) is 7.17. The first-order valence-corrected chi connectivity index (χ1v) is 5.72. The Hall–Kier alpha value is -2.22. The van der Waals surface area contributed by atoms with Crippen LogP contribution >= 0.6 is 0 Å². The van der Waals surface area contributed by atoms with E-state index < -0.39 is 0 Å². The summed E-state index contributed by atoms with van der Waals surface area (Å²) in [7, 11) is 0. The van der Waals surface area contributed by atoms with Crippen molar-refractivity contribution in [3.63, 3.8) is 0 Å². The number of carbonyl (C=O) groups is 1. The van der Waals surface area contributed by atoms with Crippen LogP contribution in [0.1, 0.15) is 17.5 Å². The molecule has 0 heterocycles. The van der Waals surface area contributed by atoms with E-state index in [0.29, 0.717) is 13.0 Å². The summed E-state index contributed by atoms with van der Waals surface area (Å²) in [4.78, 5) is 11.2. The van der Waals surface area contributed by atoms with Crippen LogP contribution < -0.4 is 15.4 Å². The molecule has 0 aromatic heterocycles. The number of aryl methyl sites for hydroxylation is 2. The maximum Gasteiger partial charge on any atom is 0.317 e. The highest BCUT2D eigenvalue weighted by atomic mass is 16.5. The number of urea groups is 1. The maximum absolute atomic E-state index is 11.2. The highest BCUT2D eigenvalue weighted by Gasteiger charge is 2.01. The van der Waals surface area contributed by atoms with Crippen LogP contribution in [0.3, 0.4) is 0 Å². The fourth-order valence-corrected chi connectivity index (χ4v) is 1.44. The largest absolute Gasteiger partial charge is 0.473 e. The Labute approximate surface area is 107 Å². The summed E-state index contributed by atoms with van der Waals surface area (Å²) in [6.45, 7) is 4.40. The molecule has 2 amide bonds. The number of benzene rings is 1. The molecule has 1 aromatic carbocycles. The minimum Gasteiger partial charge on any atom is -0.473 e. The van der Waals surface area contributed by atoms with Gasteiger partial charge in [-0.2, -0.15) is 5.26 Å². The van der Waals surface area contributed by atoms with Crippen molar-refractivity contribution < 1.29 is 9.53 Å². The fraction of sp³-hybridized carbons (Fsp3) is 0.385. The van der Waals surface area contributed by atoms with Gasteiger partial charge in [-0.25, -0.2) is 4.79 Å². The van der Waals surface area contributed by atoms with Crippen LogP contribution in [-0.2, 0) is 0 Å². The summed E-state index contributed by atoms with van der Waals surface area (Å²) < 4.78 is 5.43. The van der Waals surface area contributed by atoms with Crippen LogP contribution in [0, 0.1) is 25.2 Å². The molecule has 0 saturated heterocycles. The highest BCUT2D eigenvalue weighted by Crippen LogP contribution is 2.17. The molecule has 0 aliphatic rings. The van der Waals surface area contributed by atoms with Crippen molar-refractivity contribution in [3.8, 4) is 11.8 Å². The quantitative estimate of drug-likeness (QED) is 0.616. The minimum atomic E-state index is -0.338. The minimum absolute atomic E-state index is 0.0995. The Morgan fingerprint density at radius 3 is 2.83 bits per heavy atom. The van der Waals surface area contributed by atoms with Gasteiger partial charge in [0.15, 0.2) is 6.73 Å². The monoisotopic (exact) mass is 247 g/mol. The highest BCUT2D eigenvalue weighted by molar-refractivity contribution is 5.73. The molecule has 0 fully saturated rings. The molecule has 0 atom stereocenters. The van der Waals surface area contributed by atoms with Gasteiger partial charge in [-0.15, -0.1) is 0 Å². The van der Waals surface area contributed by atoms with E-state index in [1.54, 1.807) is 0 Å². The Morgan fingerprint density at radius 1 is 1.39 bits per heavy atom. The van der Waals surface area contributed by atoms with Gasteiger partial charge < -0.3 is 15.4 Å². The lowest BCUT2D eigenvalue weighted by molar-refractivity contribution is 0.224. The van der Waals surface area contributed by atoms with Gasteiger partial charge in [-0.05, 0) is 25.5 Å². The van der Waals surface area contributed by atoms with Crippen LogP contribution in [0.2, 0.25) is 0 Å². The van der Waals surface area contributed by atoms with Gasteiger partial charge in [0.25, 0.3) is 0 Å². The number of hydrogen-bond donors (Lipinski definition) is 2. The standard InChI is InChI=1S/C13H17N3O2/c1-10-4-5-12(11(2)8-10)18-9-16-13(17)15-7-3-6-14/h4-5,8H,3,7,9H2,1-2H3,(H2,15,16,17). The predicted molar refractivity (Wildman–Crippen MR) is 68.2 cm³/mol. The summed E-state index contributed by atoms with van der Waals surface area (Å²) >= 11 is 0. The Morgan fingerprint density at radius 2 is 2.17 bits per heavy atom. The molecule has 0 unspecified atom stereocenters. The van der Waals surface area contributed by atoms with Crippen LogP contribution in [0.5, 0.6) is 5.75 Å². The second-order valence-corrected chi connectivity index (χ2v) is 3.90. The van der Waals surface area contributed by atoms with E-state index in [1.807, 2.05) is 38.1 Å². The van der Waals surface area contributed by atoms with Gasteiger partial charge in [0, 0.05) is 6.54 Å². The number of hydrogen-bond acceptors (Lipinski definition) is 3. The number of nitrogens with one attached hydrogen (secondary N) is 2. The third kappa shape index (κ3) is 4.74. The molecule has 0 spiro atoms. The zero-order valence-corrected chi connectivity index (χ0v) is 10.6. The number of amides is 2. The van der Waals surface area contributed by atoms with Crippen molar-refractivity contribution in [1.29, 1.82) is 5.26 Å². The molecule has 0 aliphatic carbocycles. The van der Waals surface area contributed by atoms with E-state index >= 15 is 0 Å². The van der Waals surface area contributed by atoms with E-state index in [-0.39, 0.29) is 12.8 Å². The zero-order chi connectivity index (χ0) is 13.4. The molecule has 5 heteroatoms. The van der Waals surface area contributed by atoms with Crippen LogP contribution in [0.25, 0.3) is 0 Å². The van der Waals surface area contributed by atoms with Gasteiger partial charge in [-0.3, -0.25) is 0 Å². The Bertz CT molecular complexity index is 452. The molecule has 96 valence electrons. The molecular weight excluding hydrogens is 230 g/mol. The van der Waals surface area contributed by atoms with Gasteiger partial charge in [-0.1, -0.05) is 17.7 Å². The smallest absolute Gasteiger partial charge is 0.317 e. The lowest BCUT2D eigenvalue weighted by Crippen LogP contribution is -2.38. The Kier molecular flexibility index (Phi) is 5.52. The summed E-state index contributed by atoms with van der Waals surface area (Å²) in [6.07, 6.45) is 0.297. The normalized spacial score (nSPS) is 9.39. The number of nitriles is 1. The van der Waals surface area contributed by atoms with Gasteiger partial charge in [0.2, 0.25) is 0 Å². The molecular formula is C13H17N3O2. The predicted octanol–water partition coefficient (Wildman–Crippen LogP) is 1.85. The molecule has 5 nitrogen and oxygen atoms in total. The van der Waals surface area contributed by atoms with Gasteiger partial charge in [0.1, 0.15) is 5.75 Å². The average Bonchev–Trinajstić information content (AvgIpc) is 2.32. The summed E-state index contributed by atoms with van der Waals surface area (Å²) in [5, 5.41) is 13.4. The fourth-order valence-electron chi connectivity index (χ4n) is 1.44. The van der Waals surface area contributed by atoms with Crippen molar-refractivity contribution in [2.75, 3.05) is 13.3 Å². The van der Waals surface area contributed by atoms with E-state index in [0.717, 1.165) is 11.3 Å². The van der Waals surface area contributed by atoms with Crippen LogP contribution in [0.15, 0.2) is 18.2 Å². The number of nitrogens with zero attached hydrogens (tertiary/aromatic N) is 1. The molecule has 1 rings (SSSR count). The van der Waals surface area contributed by atoms with Crippen molar-refractivity contribution in [1.82, 2.24) is 10.6 Å². The van der Waals surface area contributed by atoms with E-state index in [1.165, 1.54) is 5.56 Å². The number of carbonyl (C=O) groups excluding carboxylic acids is 1. The molecule has 0 bridgehead atoms. The maximum atomic E-state index is 11.2. The van der Waals surface area contributed by atoms with Gasteiger partial charge >= 0.3 is 6.03 Å². The SMILES string of the molecule is Cc1ccc(OCNC(=O)NCCC#N)c(C)c1. The number of ether oxygens (including phenoxy) is 1. The molecule has 18 heavy (non-hydrogen) atoms. The lowest BCUT2D eigenvalue weighted by atomic mass is 10.1.